The molecule has 0 amide bonds. The summed E-state index contributed by atoms with van der Waals surface area (Å²) in [5.74, 6) is -1.23. The third-order valence-corrected chi connectivity index (χ3v) is 5.38. The average Bonchev–Trinajstić information content (AvgIpc) is 2.74. The SMILES string of the molecule is CC(N)c1ccc(Cl)cc1Cl.C[C@@H](N)c1ccc(Cl)cc1Cl.O=C(O)[C@@H](O)c1ccccc1. The molecule has 178 valence electrons. The Bertz CT molecular complexity index is 976. The van der Waals surface area contributed by atoms with Crippen LogP contribution in [0, 0.1) is 0 Å². The maximum absolute atomic E-state index is 10.2. The molecule has 0 saturated carbocycles. The monoisotopic (exact) mass is 530 g/mol. The predicted octanol–water partition coefficient (Wildman–Crippen LogP) is 6.83. The van der Waals surface area contributed by atoms with Crippen molar-refractivity contribution in [3.8, 4) is 0 Å². The molecular formula is C24H26Cl4N2O3. The van der Waals surface area contributed by atoms with Crippen molar-refractivity contribution in [2.75, 3.05) is 0 Å². The molecule has 0 aromatic heterocycles. The van der Waals surface area contributed by atoms with Gasteiger partial charge in [0.15, 0.2) is 6.10 Å². The van der Waals surface area contributed by atoms with Crippen molar-refractivity contribution in [1.82, 2.24) is 0 Å². The number of carbonyl (C=O) groups is 1. The maximum Gasteiger partial charge on any atom is 0.337 e. The number of aliphatic hydroxyl groups excluding tert-OH is 1. The van der Waals surface area contributed by atoms with Gasteiger partial charge >= 0.3 is 5.97 Å². The molecule has 3 aromatic carbocycles. The summed E-state index contributed by atoms with van der Waals surface area (Å²) in [6.07, 6.45) is -1.41. The first-order valence-corrected chi connectivity index (χ1v) is 11.3. The van der Waals surface area contributed by atoms with Crippen LogP contribution in [0.25, 0.3) is 0 Å². The average molecular weight is 532 g/mol. The normalized spacial score (nSPS) is 12.9. The highest BCUT2D eigenvalue weighted by molar-refractivity contribution is 6.35. The summed E-state index contributed by atoms with van der Waals surface area (Å²) in [6, 6.07) is 18.8. The minimum atomic E-state index is -1.41. The molecule has 0 aliphatic heterocycles. The summed E-state index contributed by atoms with van der Waals surface area (Å²) in [6.45, 7) is 3.77. The zero-order valence-electron chi connectivity index (χ0n) is 18.1. The van der Waals surface area contributed by atoms with E-state index in [2.05, 4.69) is 0 Å². The maximum atomic E-state index is 10.2. The largest absolute Gasteiger partial charge is 0.479 e. The second-order valence-corrected chi connectivity index (χ2v) is 8.75. The summed E-state index contributed by atoms with van der Waals surface area (Å²) in [5, 5.41) is 19.9. The molecule has 0 bridgehead atoms. The molecule has 6 N–H and O–H groups in total. The summed E-state index contributed by atoms with van der Waals surface area (Å²) in [5.41, 5.74) is 13.5. The van der Waals surface area contributed by atoms with Gasteiger partial charge in [-0.3, -0.25) is 0 Å². The van der Waals surface area contributed by atoms with E-state index in [0.29, 0.717) is 25.7 Å². The van der Waals surface area contributed by atoms with E-state index in [1.807, 2.05) is 26.0 Å². The first kappa shape index (κ1) is 29.2. The molecule has 3 rings (SSSR count). The van der Waals surface area contributed by atoms with Gasteiger partial charge in [-0.25, -0.2) is 4.79 Å². The first-order valence-electron chi connectivity index (χ1n) is 9.80. The van der Waals surface area contributed by atoms with E-state index in [0.717, 1.165) is 11.1 Å². The molecule has 0 radical (unpaired) electrons. The predicted molar refractivity (Wildman–Crippen MR) is 137 cm³/mol. The van der Waals surface area contributed by atoms with Gasteiger partial charge in [-0.2, -0.15) is 0 Å². The van der Waals surface area contributed by atoms with Crippen molar-refractivity contribution in [2.45, 2.75) is 32.0 Å². The van der Waals surface area contributed by atoms with Crippen molar-refractivity contribution in [1.29, 1.82) is 0 Å². The molecule has 0 saturated heterocycles. The fourth-order valence-electron chi connectivity index (χ4n) is 2.52. The van der Waals surface area contributed by atoms with Crippen molar-refractivity contribution in [3.05, 3.63) is 104 Å². The molecule has 3 aromatic rings. The number of nitrogens with two attached hydrogens (primary N) is 2. The minimum absolute atomic E-state index is 0.0419. The van der Waals surface area contributed by atoms with Crippen molar-refractivity contribution in [3.63, 3.8) is 0 Å². The Balaban J connectivity index is 0.000000247. The topological polar surface area (TPSA) is 110 Å². The molecule has 9 heteroatoms. The standard InChI is InChI=1S/2C8H9Cl2N.C8H8O3/c2*1-5(11)7-3-2-6(9)4-8(7)10;9-7(8(10)11)6-4-2-1-3-5-6/h2*2-5H,11H2,1H3;1-5,7,9H,(H,10,11)/t5-;;7-/m1.0/s1. The van der Waals surface area contributed by atoms with Gasteiger partial charge < -0.3 is 21.7 Å². The van der Waals surface area contributed by atoms with E-state index in [9.17, 15) is 4.79 Å². The molecule has 0 heterocycles. The van der Waals surface area contributed by atoms with Crippen molar-refractivity contribution < 1.29 is 15.0 Å². The molecule has 5 nitrogen and oxygen atoms in total. The van der Waals surface area contributed by atoms with E-state index in [1.165, 1.54) is 0 Å². The zero-order chi connectivity index (χ0) is 25.1. The number of carboxylic acids is 1. The number of aliphatic carboxylic acids is 1. The highest BCUT2D eigenvalue weighted by atomic mass is 35.5. The number of benzene rings is 3. The van der Waals surface area contributed by atoms with Gasteiger partial charge in [0.1, 0.15) is 0 Å². The van der Waals surface area contributed by atoms with E-state index < -0.39 is 12.1 Å². The Labute approximate surface area is 213 Å². The third kappa shape index (κ3) is 10.3. The quantitative estimate of drug-likeness (QED) is 0.295. The van der Waals surface area contributed by atoms with Crippen LogP contribution in [0.3, 0.4) is 0 Å². The Hall–Kier alpha value is -1.83. The van der Waals surface area contributed by atoms with Crippen LogP contribution < -0.4 is 11.5 Å². The molecule has 0 aliphatic carbocycles. The summed E-state index contributed by atoms with van der Waals surface area (Å²) >= 11 is 23.1. The van der Waals surface area contributed by atoms with E-state index >= 15 is 0 Å². The van der Waals surface area contributed by atoms with Crippen LogP contribution in [-0.2, 0) is 4.79 Å². The number of halogens is 4. The zero-order valence-corrected chi connectivity index (χ0v) is 21.1. The summed E-state index contributed by atoms with van der Waals surface area (Å²) in [4.78, 5) is 10.2. The number of rotatable bonds is 4. The number of hydrogen-bond acceptors (Lipinski definition) is 4. The van der Waals surface area contributed by atoms with Crippen LogP contribution >= 0.6 is 46.4 Å². The second kappa shape index (κ2) is 14.4. The van der Waals surface area contributed by atoms with Gasteiger partial charge in [-0.15, -0.1) is 0 Å². The molecule has 3 atom stereocenters. The number of carboxylic acid groups (broad SMARTS) is 1. The fourth-order valence-corrected chi connectivity index (χ4v) is 3.68. The van der Waals surface area contributed by atoms with Gasteiger partial charge in [0, 0.05) is 32.2 Å². The van der Waals surface area contributed by atoms with Gasteiger partial charge in [0.25, 0.3) is 0 Å². The molecule has 0 spiro atoms. The van der Waals surface area contributed by atoms with Crippen LogP contribution in [0.1, 0.15) is 48.7 Å². The lowest BCUT2D eigenvalue weighted by molar-refractivity contribution is -0.146. The van der Waals surface area contributed by atoms with Crippen molar-refractivity contribution in [2.24, 2.45) is 11.5 Å². The highest BCUT2D eigenvalue weighted by Crippen LogP contribution is 2.25. The van der Waals surface area contributed by atoms with E-state index in [-0.39, 0.29) is 12.1 Å². The van der Waals surface area contributed by atoms with Crippen LogP contribution in [0.15, 0.2) is 66.7 Å². The van der Waals surface area contributed by atoms with Crippen LogP contribution in [0.4, 0.5) is 0 Å². The van der Waals surface area contributed by atoms with Gasteiger partial charge in [0.05, 0.1) is 0 Å². The minimum Gasteiger partial charge on any atom is -0.479 e. The Morgan fingerprint density at radius 1 is 0.758 bits per heavy atom. The lowest BCUT2D eigenvalue weighted by Crippen LogP contribution is -2.09. The lowest BCUT2D eigenvalue weighted by atomic mass is 10.1. The Morgan fingerprint density at radius 2 is 1.15 bits per heavy atom. The number of hydrogen-bond donors (Lipinski definition) is 4. The molecular weight excluding hydrogens is 506 g/mol. The molecule has 1 unspecified atom stereocenters. The number of aliphatic hydroxyl groups is 1. The summed E-state index contributed by atoms with van der Waals surface area (Å²) < 4.78 is 0. The second-order valence-electron chi connectivity index (χ2n) is 7.06. The fraction of sp³-hybridized carbons (Fsp3) is 0.208. The van der Waals surface area contributed by atoms with Crippen LogP contribution in [0.2, 0.25) is 20.1 Å². The van der Waals surface area contributed by atoms with Crippen LogP contribution in [-0.4, -0.2) is 16.2 Å². The Morgan fingerprint density at radius 3 is 1.45 bits per heavy atom. The summed E-state index contributed by atoms with van der Waals surface area (Å²) in [7, 11) is 0. The first-order chi connectivity index (χ1) is 15.4. The molecule has 33 heavy (non-hydrogen) atoms. The van der Waals surface area contributed by atoms with Crippen molar-refractivity contribution >= 4 is 52.4 Å². The van der Waals surface area contributed by atoms with Crippen LogP contribution in [0.5, 0.6) is 0 Å². The van der Waals surface area contributed by atoms with Gasteiger partial charge in [-0.1, -0.05) is 88.9 Å². The molecule has 0 fully saturated rings. The van der Waals surface area contributed by atoms with E-state index in [1.54, 1.807) is 54.6 Å². The van der Waals surface area contributed by atoms with E-state index in [4.69, 9.17) is 68.1 Å². The van der Waals surface area contributed by atoms with Gasteiger partial charge in [-0.05, 0) is 54.8 Å². The smallest absolute Gasteiger partial charge is 0.337 e. The Kier molecular flexibility index (Phi) is 12.8. The lowest BCUT2D eigenvalue weighted by Gasteiger charge is -2.07. The third-order valence-electron chi connectivity index (χ3n) is 4.26. The molecule has 0 aliphatic rings. The van der Waals surface area contributed by atoms with Gasteiger partial charge in [0.2, 0.25) is 0 Å². The highest BCUT2D eigenvalue weighted by Gasteiger charge is 2.14.